The Hall–Kier alpha value is -3.33. The summed E-state index contributed by atoms with van der Waals surface area (Å²) in [6, 6.07) is 0. The van der Waals surface area contributed by atoms with Gasteiger partial charge in [0.1, 0.15) is 19.8 Å². The van der Waals surface area contributed by atoms with Crippen LogP contribution in [0.4, 0.5) is 0 Å². The molecule has 0 aromatic rings. The number of hydrogen-bond acceptors (Lipinski definition) is 7. The molecule has 2 unspecified atom stereocenters. The largest absolute Gasteiger partial charge is 0.472 e. The molecule has 0 fully saturated rings. The molecule has 0 aliphatic heterocycles. The first-order chi connectivity index (χ1) is 33.0. The van der Waals surface area contributed by atoms with Gasteiger partial charge < -0.3 is 18.9 Å². The van der Waals surface area contributed by atoms with Crippen LogP contribution in [0.1, 0.15) is 194 Å². The number of hydrogen-bond donors (Lipinski definition) is 1. The first-order valence-corrected chi connectivity index (χ1v) is 28.1. The molecule has 0 aromatic carbocycles. The van der Waals surface area contributed by atoms with Gasteiger partial charge in [0.15, 0.2) is 6.10 Å². The Labute approximate surface area is 416 Å². The maximum absolute atomic E-state index is 12.8. The predicted octanol–water partition coefficient (Wildman–Crippen LogP) is 16.2. The minimum absolute atomic E-state index is 0.0210. The van der Waals surface area contributed by atoms with Crippen molar-refractivity contribution >= 4 is 19.8 Å². The van der Waals surface area contributed by atoms with Crippen LogP contribution in [-0.4, -0.2) is 74.9 Å². The number of carbonyl (C=O) groups is 2. The molecular formula is C58H99NO8P+. The quantitative estimate of drug-likeness (QED) is 0.0211. The molecule has 0 radical (unpaired) electrons. The zero-order valence-corrected chi connectivity index (χ0v) is 44.7. The van der Waals surface area contributed by atoms with Crippen molar-refractivity contribution in [2.45, 2.75) is 200 Å². The van der Waals surface area contributed by atoms with Crippen LogP contribution in [0, 0.1) is 0 Å². The minimum atomic E-state index is -4.40. The van der Waals surface area contributed by atoms with Gasteiger partial charge in [0, 0.05) is 12.8 Å². The summed E-state index contributed by atoms with van der Waals surface area (Å²) < 4.78 is 34.5. The van der Waals surface area contributed by atoms with Crippen molar-refractivity contribution in [3.63, 3.8) is 0 Å². The Morgan fingerprint density at radius 3 is 1.18 bits per heavy atom. The van der Waals surface area contributed by atoms with Crippen molar-refractivity contribution in [3.05, 3.63) is 109 Å². The summed E-state index contributed by atoms with van der Waals surface area (Å²) in [7, 11) is 1.44. The lowest BCUT2D eigenvalue weighted by Crippen LogP contribution is -2.37. The first kappa shape index (κ1) is 64.7. The number of ether oxygens (including phenoxy) is 2. The van der Waals surface area contributed by atoms with Gasteiger partial charge in [0.05, 0.1) is 27.7 Å². The van der Waals surface area contributed by atoms with Crippen LogP contribution in [0.5, 0.6) is 0 Å². The van der Waals surface area contributed by atoms with E-state index >= 15 is 0 Å². The monoisotopic (exact) mass is 969 g/mol. The van der Waals surface area contributed by atoms with Crippen LogP contribution in [0.2, 0.25) is 0 Å². The van der Waals surface area contributed by atoms with Gasteiger partial charge in [0.25, 0.3) is 0 Å². The zero-order valence-electron chi connectivity index (χ0n) is 43.8. The van der Waals surface area contributed by atoms with E-state index in [4.69, 9.17) is 18.5 Å². The van der Waals surface area contributed by atoms with Gasteiger partial charge in [-0.15, -0.1) is 0 Å². The van der Waals surface area contributed by atoms with E-state index < -0.39 is 32.5 Å². The number of quaternary nitrogens is 1. The number of rotatable bonds is 47. The van der Waals surface area contributed by atoms with Gasteiger partial charge in [0.2, 0.25) is 0 Å². The van der Waals surface area contributed by atoms with Crippen molar-refractivity contribution in [2.24, 2.45) is 0 Å². The van der Waals surface area contributed by atoms with Crippen LogP contribution in [0.15, 0.2) is 109 Å². The molecule has 68 heavy (non-hydrogen) atoms. The van der Waals surface area contributed by atoms with E-state index in [-0.39, 0.29) is 26.1 Å². The first-order valence-electron chi connectivity index (χ1n) is 26.6. The zero-order chi connectivity index (χ0) is 49.9. The number of esters is 2. The highest BCUT2D eigenvalue weighted by atomic mass is 31.2. The molecule has 0 heterocycles. The maximum atomic E-state index is 12.8. The number of phosphoric acid groups is 1. The lowest BCUT2D eigenvalue weighted by Gasteiger charge is -2.24. The predicted molar refractivity (Wildman–Crippen MR) is 288 cm³/mol. The van der Waals surface area contributed by atoms with Crippen molar-refractivity contribution in [2.75, 3.05) is 47.5 Å². The highest BCUT2D eigenvalue weighted by Gasteiger charge is 2.27. The third kappa shape index (κ3) is 52.0. The molecular weight excluding hydrogens is 870 g/mol. The van der Waals surface area contributed by atoms with Crippen LogP contribution in [0.3, 0.4) is 0 Å². The van der Waals surface area contributed by atoms with Gasteiger partial charge in [-0.3, -0.25) is 18.6 Å². The summed E-state index contributed by atoms with van der Waals surface area (Å²) in [6.45, 7) is 4.16. The normalized spacial score (nSPS) is 14.3. The van der Waals surface area contributed by atoms with E-state index in [0.29, 0.717) is 23.9 Å². The average molecular weight is 969 g/mol. The van der Waals surface area contributed by atoms with Crippen molar-refractivity contribution in [3.8, 4) is 0 Å². The van der Waals surface area contributed by atoms with Crippen LogP contribution in [0.25, 0.3) is 0 Å². The molecule has 0 saturated heterocycles. The van der Waals surface area contributed by atoms with Crippen molar-refractivity contribution in [1.82, 2.24) is 0 Å². The molecule has 0 rings (SSSR count). The molecule has 0 amide bonds. The van der Waals surface area contributed by atoms with Gasteiger partial charge in [-0.2, -0.15) is 0 Å². The fourth-order valence-electron chi connectivity index (χ4n) is 6.74. The lowest BCUT2D eigenvalue weighted by atomic mass is 10.0. The standard InChI is InChI=1S/C58H98NO8P/c1-6-8-10-12-14-16-18-20-22-24-25-26-27-28-29-30-31-32-33-35-37-39-41-43-45-47-49-51-58(61)67-56(55-66-68(62,63)65-53-52-59(3,4)5)54-64-57(60)50-48-46-44-42-40-38-36-34-23-21-19-17-15-13-11-9-7-2/h8-11,14-17,20-23,25-26,28-29,36,38,56H,6-7,12-13,18-19,24,27,30-35,37,39-55H2,1-5H3/p+1/b10-8-,11-9-,16-14-,17-15-,22-20-,23-21-,26-25-,29-28-,38-36-. The third-order valence-electron chi connectivity index (χ3n) is 10.8. The molecule has 0 aliphatic rings. The number of unbranched alkanes of at least 4 members (excludes halogenated alkanes) is 15. The Morgan fingerprint density at radius 1 is 0.456 bits per heavy atom. The highest BCUT2D eigenvalue weighted by Crippen LogP contribution is 2.43. The Balaban J connectivity index is 4.25. The second kappa shape index (κ2) is 48.7. The number of nitrogens with zero attached hydrogens (tertiary/aromatic N) is 1. The fraction of sp³-hybridized carbons (Fsp3) is 0.655. The van der Waals surface area contributed by atoms with E-state index in [9.17, 15) is 19.0 Å². The maximum Gasteiger partial charge on any atom is 0.472 e. The molecule has 0 aromatic heterocycles. The Bertz CT molecular complexity index is 1520. The summed E-state index contributed by atoms with van der Waals surface area (Å²) in [6.07, 6.45) is 67.2. The topological polar surface area (TPSA) is 108 Å². The summed E-state index contributed by atoms with van der Waals surface area (Å²) in [4.78, 5) is 35.6. The summed E-state index contributed by atoms with van der Waals surface area (Å²) >= 11 is 0. The van der Waals surface area contributed by atoms with Gasteiger partial charge in [-0.1, -0.05) is 194 Å². The smallest absolute Gasteiger partial charge is 0.462 e. The molecule has 2 atom stereocenters. The Morgan fingerprint density at radius 2 is 0.794 bits per heavy atom. The summed E-state index contributed by atoms with van der Waals surface area (Å²) in [5.41, 5.74) is 0. The van der Waals surface area contributed by atoms with E-state index in [1.54, 1.807) is 0 Å². The van der Waals surface area contributed by atoms with Crippen LogP contribution >= 0.6 is 7.82 Å². The molecule has 0 saturated carbocycles. The molecule has 1 N–H and O–H groups in total. The molecule has 0 bridgehead atoms. The summed E-state index contributed by atoms with van der Waals surface area (Å²) in [5, 5.41) is 0. The molecule has 388 valence electrons. The average Bonchev–Trinajstić information content (AvgIpc) is 3.30. The van der Waals surface area contributed by atoms with Crippen molar-refractivity contribution in [1.29, 1.82) is 0 Å². The van der Waals surface area contributed by atoms with E-state index in [2.05, 4.69) is 123 Å². The number of carbonyl (C=O) groups excluding carboxylic acids is 2. The van der Waals surface area contributed by atoms with Crippen molar-refractivity contribution < 1.29 is 42.1 Å². The second-order valence-corrected chi connectivity index (χ2v) is 19.9. The number of likely N-dealkylation sites (N-methyl/N-ethyl adjacent to an activating group) is 1. The number of phosphoric ester groups is 1. The molecule has 9 nitrogen and oxygen atoms in total. The Kier molecular flexibility index (Phi) is 46.3. The van der Waals surface area contributed by atoms with E-state index in [0.717, 1.165) is 109 Å². The van der Waals surface area contributed by atoms with E-state index in [1.165, 1.54) is 44.9 Å². The third-order valence-corrected chi connectivity index (χ3v) is 11.8. The lowest BCUT2D eigenvalue weighted by molar-refractivity contribution is -0.870. The minimum Gasteiger partial charge on any atom is -0.462 e. The number of allylic oxidation sites excluding steroid dienone is 18. The summed E-state index contributed by atoms with van der Waals surface area (Å²) in [5.74, 6) is -0.836. The second-order valence-electron chi connectivity index (χ2n) is 18.5. The fourth-order valence-corrected chi connectivity index (χ4v) is 7.48. The van der Waals surface area contributed by atoms with Crippen LogP contribution in [-0.2, 0) is 32.7 Å². The SMILES string of the molecule is CC/C=C\C/C=C\C/C=C\C/C=C\C/C=C\CCCCCCCCCCCCCC(=O)OC(COC(=O)CCCCCC/C=C\C/C=C\C/C=C\C/C=C\CC)COP(=O)(O)OCC[N+](C)(C)C. The van der Waals surface area contributed by atoms with Gasteiger partial charge >= 0.3 is 19.8 Å². The van der Waals surface area contributed by atoms with Crippen LogP contribution < -0.4 is 0 Å². The van der Waals surface area contributed by atoms with Gasteiger partial charge in [-0.25, -0.2) is 4.57 Å². The highest BCUT2D eigenvalue weighted by molar-refractivity contribution is 7.47. The molecule has 0 spiro atoms. The molecule has 10 heteroatoms. The van der Waals surface area contributed by atoms with Gasteiger partial charge in [-0.05, 0) is 96.3 Å². The van der Waals surface area contributed by atoms with E-state index in [1.807, 2.05) is 21.1 Å². The molecule has 0 aliphatic carbocycles.